The summed E-state index contributed by atoms with van der Waals surface area (Å²) >= 11 is 0. The Morgan fingerprint density at radius 2 is 1.90 bits per heavy atom. The summed E-state index contributed by atoms with van der Waals surface area (Å²) in [6.45, 7) is 8.26. The molecule has 0 bridgehead atoms. The van der Waals surface area contributed by atoms with Crippen molar-refractivity contribution in [2.75, 3.05) is 43.0 Å². The summed E-state index contributed by atoms with van der Waals surface area (Å²) in [6.07, 6.45) is 0.825. The van der Waals surface area contributed by atoms with Crippen LogP contribution in [0, 0.1) is 5.41 Å². The molecule has 0 unspecified atom stereocenters. The molecule has 0 aliphatic carbocycles. The zero-order chi connectivity index (χ0) is 14.3. The molecule has 4 nitrogen and oxygen atoms in total. The van der Waals surface area contributed by atoms with E-state index in [-0.39, 0.29) is 11.3 Å². The second-order valence-electron chi connectivity index (χ2n) is 6.47. The molecule has 1 aromatic rings. The summed E-state index contributed by atoms with van der Waals surface area (Å²) in [5.41, 5.74) is 3.33. The van der Waals surface area contributed by atoms with E-state index in [1.807, 2.05) is 20.9 Å². The maximum atomic E-state index is 12.3. The Bertz CT molecular complexity index is 533. The van der Waals surface area contributed by atoms with E-state index in [0.717, 1.165) is 38.3 Å². The van der Waals surface area contributed by atoms with Gasteiger partial charge >= 0.3 is 0 Å². The lowest BCUT2D eigenvalue weighted by Crippen LogP contribution is -2.45. The molecule has 0 aromatic heterocycles. The first-order valence-electron chi connectivity index (χ1n) is 7.36. The van der Waals surface area contributed by atoms with Crippen molar-refractivity contribution in [1.82, 2.24) is 5.32 Å². The van der Waals surface area contributed by atoms with Gasteiger partial charge in [-0.15, -0.1) is 0 Å². The third-order valence-electron chi connectivity index (χ3n) is 4.42. The Labute approximate surface area is 120 Å². The fourth-order valence-corrected chi connectivity index (χ4v) is 3.28. The quantitative estimate of drug-likeness (QED) is 0.845. The van der Waals surface area contributed by atoms with E-state index in [0.29, 0.717) is 0 Å². The van der Waals surface area contributed by atoms with E-state index in [1.165, 1.54) is 11.3 Å². The highest BCUT2D eigenvalue weighted by molar-refractivity contribution is 6.00. The van der Waals surface area contributed by atoms with Crippen LogP contribution in [0.2, 0.25) is 0 Å². The van der Waals surface area contributed by atoms with Crippen molar-refractivity contribution in [3.05, 3.63) is 23.8 Å². The van der Waals surface area contributed by atoms with E-state index in [1.54, 1.807) is 4.90 Å². The van der Waals surface area contributed by atoms with Crippen LogP contribution in [0.15, 0.2) is 18.2 Å². The topological polar surface area (TPSA) is 35.6 Å². The first kappa shape index (κ1) is 13.4. The number of hydrogen-bond acceptors (Lipinski definition) is 3. The average Bonchev–Trinajstić information content (AvgIpc) is 2.45. The molecular formula is C16H23N3O. The van der Waals surface area contributed by atoms with Crippen molar-refractivity contribution >= 4 is 17.3 Å². The zero-order valence-electron chi connectivity index (χ0n) is 12.6. The van der Waals surface area contributed by atoms with Gasteiger partial charge in [-0.2, -0.15) is 0 Å². The number of fused-ring (bicyclic) bond motifs is 1. The highest BCUT2D eigenvalue weighted by atomic mass is 16.2. The third kappa shape index (κ3) is 2.18. The van der Waals surface area contributed by atoms with Gasteiger partial charge < -0.3 is 15.1 Å². The van der Waals surface area contributed by atoms with Gasteiger partial charge in [0.25, 0.3) is 0 Å². The molecule has 3 rings (SSSR count). The van der Waals surface area contributed by atoms with E-state index in [9.17, 15) is 4.79 Å². The molecule has 1 fully saturated rings. The normalized spacial score (nSPS) is 21.9. The second-order valence-corrected chi connectivity index (χ2v) is 6.47. The first-order valence-corrected chi connectivity index (χ1v) is 7.36. The van der Waals surface area contributed by atoms with Gasteiger partial charge in [0.2, 0.25) is 5.91 Å². The van der Waals surface area contributed by atoms with Crippen molar-refractivity contribution in [1.29, 1.82) is 0 Å². The fraction of sp³-hybridized carbons (Fsp3) is 0.562. The average molecular weight is 273 g/mol. The molecule has 0 atom stereocenters. The second kappa shape index (κ2) is 4.77. The molecule has 0 spiro atoms. The standard InChI is InChI=1S/C16H23N3O/c1-16(2)11-12-10-13(19-8-6-17-7-9-19)4-5-14(12)18(3)15(16)20/h4-5,10,17H,6-9,11H2,1-3H3. The number of nitrogens with one attached hydrogen (secondary N) is 1. The summed E-state index contributed by atoms with van der Waals surface area (Å²) < 4.78 is 0. The Hall–Kier alpha value is -1.55. The van der Waals surface area contributed by atoms with Crippen molar-refractivity contribution in [3.63, 3.8) is 0 Å². The molecule has 1 amide bonds. The predicted octanol–water partition coefficient (Wildman–Crippen LogP) is 1.64. The summed E-state index contributed by atoms with van der Waals surface area (Å²) in [4.78, 5) is 16.5. The van der Waals surface area contributed by atoms with E-state index < -0.39 is 0 Å². The Balaban J connectivity index is 1.94. The molecule has 2 heterocycles. The van der Waals surface area contributed by atoms with Crippen LogP contribution >= 0.6 is 0 Å². The van der Waals surface area contributed by atoms with Crippen molar-refractivity contribution in [2.45, 2.75) is 20.3 Å². The Morgan fingerprint density at radius 1 is 1.20 bits per heavy atom. The lowest BCUT2D eigenvalue weighted by atomic mass is 9.80. The zero-order valence-corrected chi connectivity index (χ0v) is 12.6. The van der Waals surface area contributed by atoms with Gasteiger partial charge in [0, 0.05) is 50.0 Å². The van der Waals surface area contributed by atoms with E-state index in [4.69, 9.17) is 0 Å². The highest BCUT2D eigenvalue weighted by Crippen LogP contribution is 2.38. The number of rotatable bonds is 1. The Kier molecular flexibility index (Phi) is 3.21. The van der Waals surface area contributed by atoms with Crippen LogP contribution in [0.5, 0.6) is 0 Å². The maximum Gasteiger partial charge on any atom is 0.232 e. The SMILES string of the molecule is CN1C(=O)C(C)(C)Cc2cc(N3CCNCC3)ccc21. The molecule has 0 radical (unpaired) electrons. The largest absolute Gasteiger partial charge is 0.369 e. The van der Waals surface area contributed by atoms with Crippen LogP contribution in [-0.2, 0) is 11.2 Å². The summed E-state index contributed by atoms with van der Waals surface area (Å²) in [7, 11) is 1.88. The van der Waals surface area contributed by atoms with Crippen LogP contribution in [0.4, 0.5) is 11.4 Å². The highest BCUT2D eigenvalue weighted by Gasteiger charge is 2.37. The van der Waals surface area contributed by atoms with Gasteiger partial charge in [0.05, 0.1) is 0 Å². The number of carbonyl (C=O) groups is 1. The smallest absolute Gasteiger partial charge is 0.232 e. The first-order chi connectivity index (χ1) is 9.49. The number of hydrogen-bond donors (Lipinski definition) is 1. The number of nitrogens with zero attached hydrogens (tertiary/aromatic N) is 2. The molecule has 20 heavy (non-hydrogen) atoms. The minimum absolute atomic E-state index is 0.208. The van der Waals surface area contributed by atoms with Gasteiger partial charge in [-0.3, -0.25) is 4.79 Å². The molecule has 4 heteroatoms. The van der Waals surface area contributed by atoms with E-state index >= 15 is 0 Å². The van der Waals surface area contributed by atoms with Gasteiger partial charge in [-0.25, -0.2) is 0 Å². The van der Waals surface area contributed by atoms with Gasteiger partial charge in [-0.05, 0) is 30.2 Å². The minimum Gasteiger partial charge on any atom is -0.369 e. The molecule has 0 saturated carbocycles. The molecular weight excluding hydrogens is 250 g/mol. The Morgan fingerprint density at radius 3 is 2.60 bits per heavy atom. The van der Waals surface area contributed by atoms with Gasteiger partial charge in [0.1, 0.15) is 0 Å². The van der Waals surface area contributed by atoms with Crippen LogP contribution < -0.4 is 15.1 Å². The molecule has 1 N–H and O–H groups in total. The summed E-state index contributed by atoms with van der Waals surface area (Å²) in [6, 6.07) is 6.51. The van der Waals surface area contributed by atoms with Crippen molar-refractivity contribution in [2.24, 2.45) is 5.41 Å². The van der Waals surface area contributed by atoms with Crippen molar-refractivity contribution < 1.29 is 4.79 Å². The number of carbonyl (C=O) groups excluding carboxylic acids is 1. The molecule has 1 saturated heterocycles. The summed E-state index contributed by atoms with van der Waals surface area (Å²) in [5.74, 6) is 0.208. The molecule has 2 aliphatic heterocycles. The van der Waals surface area contributed by atoms with Crippen LogP contribution in [0.25, 0.3) is 0 Å². The van der Waals surface area contributed by atoms with Crippen molar-refractivity contribution in [3.8, 4) is 0 Å². The van der Waals surface area contributed by atoms with Crippen LogP contribution in [0.1, 0.15) is 19.4 Å². The lowest BCUT2D eigenvalue weighted by molar-refractivity contribution is -0.126. The van der Waals surface area contributed by atoms with E-state index in [2.05, 4.69) is 28.4 Å². The lowest BCUT2D eigenvalue weighted by Gasteiger charge is -2.37. The van der Waals surface area contributed by atoms with Crippen LogP contribution in [-0.4, -0.2) is 39.1 Å². The number of piperazine rings is 1. The third-order valence-corrected chi connectivity index (χ3v) is 4.42. The molecule has 2 aliphatic rings. The number of benzene rings is 1. The molecule has 1 aromatic carbocycles. The fourth-order valence-electron chi connectivity index (χ4n) is 3.28. The summed E-state index contributed by atoms with van der Waals surface area (Å²) in [5, 5.41) is 3.38. The van der Waals surface area contributed by atoms with Gasteiger partial charge in [-0.1, -0.05) is 13.8 Å². The number of amides is 1. The predicted molar refractivity (Wildman–Crippen MR) is 82.4 cm³/mol. The monoisotopic (exact) mass is 273 g/mol. The van der Waals surface area contributed by atoms with Gasteiger partial charge in [0.15, 0.2) is 0 Å². The number of anilines is 2. The minimum atomic E-state index is -0.302. The maximum absolute atomic E-state index is 12.3. The van der Waals surface area contributed by atoms with Crippen LogP contribution in [0.3, 0.4) is 0 Å². The molecule has 108 valence electrons.